The Morgan fingerprint density at radius 3 is 1.68 bits per heavy atom. The van der Waals surface area contributed by atoms with Crippen molar-refractivity contribution in [2.45, 2.75) is 6.10 Å². The third kappa shape index (κ3) is 17.8. The molecule has 0 aromatic rings. The summed E-state index contributed by atoms with van der Waals surface area (Å²) in [7, 11) is 1.63. The lowest BCUT2D eigenvalue weighted by atomic mass is 10.4. The lowest BCUT2D eigenvalue weighted by molar-refractivity contribution is -0.151. The fourth-order valence-electron chi connectivity index (χ4n) is 2.15. The van der Waals surface area contributed by atoms with Crippen LogP contribution >= 0.6 is 0 Å². The molecule has 182 valence electrons. The van der Waals surface area contributed by atoms with Gasteiger partial charge in [0.25, 0.3) is 0 Å². The fraction of sp³-hybridized carbons (Fsp3) is 0.895. The quantitative estimate of drug-likeness (QED) is 0.166. The van der Waals surface area contributed by atoms with Crippen LogP contribution in [0.4, 0.5) is 4.79 Å². The number of nitrogens with one attached hydrogen (secondary N) is 1. The molecule has 1 amide bonds. The highest BCUT2D eigenvalue weighted by molar-refractivity contribution is 5.71. The first kappa shape index (κ1) is 27.5. The summed E-state index contributed by atoms with van der Waals surface area (Å²) < 4.78 is 46.5. The number of carbonyl (C=O) groups excluding carboxylic acids is 2. The van der Waals surface area contributed by atoms with E-state index in [4.69, 9.17) is 42.6 Å². The van der Waals surface area contributed by atoms with Crippen molar-refractivity contribution in [3.63, 3.8) is 0 Å². The van der Waals surface area contributed by atoms with Gasteiger partial charge >= 0.3 is 12.1 Å². The lowest BCUT2D eigenvalue weighted by Gasteiger charge is -2.09. The Labute approximate surface area is 182 Å². The van der Waals surface area contributed by atoms with Crippen LogP contribution in [0.1, 0.15) is 0 Å². The van der Waals surface area contributed by atoms with Gasteiger partial charge in [-0.25, -0.2) is 9.59 Å². The van der Waals surface area contributed by atoms with Crippen molar-refractivity contribution in [3.8, 4) is 0 Å². The van der Waals surface area contributed by atoms with Gasteiger partial charge in [0.15, 0.2) is 6.10 Å². The number of methoxy groups -OCH3 is 1. The van der Waals surface area contributed by atoms with Crippen molar-refractivity contribution in [2.24, 2.45) is 0 Å². The fourth-order valence-corrected chi connectivity index (χ4v) is 2.15. The third-order valence-corrected chi connectivity index (χ3v) is 3.69. The van der Waals surface area contributed by atoms with Gasteiger partial charge in [0.05, 0.1) is 85.8 Å². The zero-order valence-corrected chi connectivity index (χ0v) is 18.2. The molecule has 0 aromatic heterocycles. The molecule has 0 unspecified atom stereocenters. The summed E-state index contributed by atoms with van der Waals surface area (Å²) in [6.45, 7) is 5.79. The number of esters is 1. The molecule has 1 atom stereocenters. The molecule has 0 saturated carbocycles. The molecule has 0 bridgehead atoms. The van der Waals surface area contributed by atoms with Crippen LogP contribution in [0.2, 0.25) is 0 Å². The minimum absolute atomic E-state index is 0.00971. The highest BCUT2D eigenvalue weighted by atomic mass is 16.6. The Bertz CT molecular complexity index is 453. The number of ether oxygens (including phenoxy) is 9. The second-order valence-electron chi connectivity index (χ2n) is 6.20. The predicted octanol–water partition coefficient (Wildman–Crippen LogP) is -0.616. The normalized spacial score (nSPS) is 15.6. The number of alkyl carbamates (subject to hydrolysis) is 1. The maximum atomic E-state index is 11.5. The summed E-state index contributed by atoms with van der Waals surface area (Å²) in [6, 6.07) is 0. The second kappa shape index (κ2) is 20.4. The Hall–Kier alpha value is -1.54. The van der Waals surface area contributed by atoms with Crippen LogP contribution < -0.4 is 5.32 Å². The molecule has 1 aliphatic rings. The molecule has 0 aliphatic carbocycles. The van der Waals surface area contributed by atoms with Crippen LogP contribution in [0.3, 0.4) is 0 Å². The largest absolute Gasteiger partial charge is 0.460 e. The van der Waals surface area contributed by atoms with E-state index in [9.17, 15) is 9.59 Å². The zero-order chi connectivity index (χ0) is 22.4. The van der Waals surface area contributed by atoms with Crippen molar-refractivity contribution in [1.82, 2.24) is 5.32 Å². The molecule has 0 aromatic carbocycles. The van der Waals surface area contributed by atoms with Gasteiger partial charge in [-0.05, 0) is 0 Å². The molecule has 1 saturated heterocycles. The van der Waals surface area contributed by atoms with E-state index in [2.05, 4.69) is 5.32 Å². The molecule has 1 rings (SSSR count). The predicted molar refractivity (Wildman–Crippen MR) is 106 cm³/mol. The summed E-state index contributed by atoms with van der Waals surface area (Å²) in [5.74, 6) is -0.521. The van der Waals surface area contributed by atoms with Gasteiger partial charge in [-0.2, -0.15) is 0 Å². The molecule has 12 nitrogen and oxygen atoms in total. The van der Waals surface area contributed by atoms with Gasteiger partial charge in [-0.15, -0.1) is 0 Å². The second-order valence-corrected chi connectivity index (χ2v) is 6.20. The third-order valence-electron chi connectivity index (χ3n) is 3.69. The van der Waals surface area contributed by atoms with Gasteiger partial charge in [0, 0.05) is 7.11 Å². The van der Waals surface area contributed by atoms with E-state index in [1.807, 2.05) is 0 Å². The van der Waals surface area contributed by atoms with Gasteiger partial charge in [0.1, 0.15) is 13.2 Å². The minimum Gasteiger partial charge on any atom is -0.460 e. The first-order valence-electron chi connectivity index (χ1n) is 10.3. The topological polar surface area (TPSA) is 129 Å². The van der Waals surface area contributed by atoms with Gasteiger partial charge in [-0.1, -0.05) is 0 Å². The average Bonchev–Trinajstić information content (AvgIpc) is 3.19. The van der Waals surface area contributed by atoms with Crippen LogP contribution in [0.15, 0.2) is 0 Å². The van der Waals surface area contributed by atoms with Crippen LogP contribution in [0, 0.1) is 0 Å². The molecule has 0 radical (unpaired) electrons. The molecule has 1 heterocycles. The van der Waals surface area contributed by atoms with Gasteiger partial charge < -0.3 is 47.9 Å². The van der Waals surface area contributed by atoms with Crippen molar-refractivity contribution in [1.29, 1.82) is 0 Å². The molecule has 1 N–H and O–H groups in total. The van der Waals surface area contributed by atoms with E-state index in [0.717, 1.165) is 0 Å². The number of amides is 1. The molecule has 1 aliphatic heterocycles. The van der Waals surface area contributed by atoms with E-state index in [1.165, 1.54) is 0 Å². The van der Waals surface area contributed by atoms with Crippen molar-refractivity contribution < 1.29 is 52.2 Å². The van der Waals surface area contributed by atoms with E-state index < -0.39 is 18.2 Å². The Morgan fingerprint density at radius 1 is 0.806 bits per heavy atom. The van der Waals surface area contributed by atoms with Gasteiger partial charge in [-0.3, -0.25) is 0 Å². The summed E-state index contributed by atoms with van der Waals surface area (Å²) in [4.78, 5) is 22.3. The number of rotatable bonds is 22. The molecule has 12 heteroatoms. The van der Waals surface area contributed by atoms with Crippen LogP contribution in [0.5, 0.6) is 0 Å². The molecule has 1 fully saturated rings. The number of hydrogen-bond acceptors (Lipinski definition) is 11. The monoisotopic (exact) mass is 453 g/mol. The van der Waals surface area contributed by atoms with E-state index >= 15 is 0 Å². The summed E-state index contributed by atoms with van der Waals surface area (Å²) in [5, 5.41) is 2.47. The Kier molecular flexibility index (Phi) is 18.1. The summed E-state index contributed by atoms with van der Waals surface area (Å²) >= 11 is 0. The standard InChI is InChI=1S/C19H35NO11/c1-23-2-3-24-4-5-25-6-7-26-8-9-27-10-11-28-12-13-29-16-18(21)30-15-17-14-20-19(22)31-17/h17H,2-16H2,1H3,(H,20,22)/t17-/m0/s1. The van der Waals surface area contributed by atoms with Gasteiger partial charge in [0.2, 0.25) is 0 Å². The summed E-state index contributed by atoms with van der Waals surface area (Å²) in [5.41, 5.74) is 0. The molecular weight excluding hydrogens is 418 g/mol. The van der Waals surface area contributed by atoms with Crippen molar-refractivity contribution >= 4 is 12.1 Å². The Morgan fingerprint density at radius 2 is 1.26 bits per heavy atom. The van der Waals surface area contributed by atoms with E-state index in [1.54, 1.807) is 7.11 Å². The zero-order valence-electron chi connectivity index (χ0n) is 18.2. The number of carbonyl (C=O) groups is 2. The van der Waals surface area contributed by atoms with Crippen LogP contribution in [-0.2, 0) is 47.4 Å². The Balaban J connectivity index is 1.70. The average molecular weight is 453 g/mol. The van der Waals surface area contributed by atoms with Crippen LogP contribution in [-0.4, -0.2) is 124 Å². The number of hydrogen-bond donors (Lipinski definition) is 1. The highest BCUT2D eigenvalue weighted by Gasteiger charge is 2.23. The molecule has 31 heavy (non-hydrogen) atoms. The van der Waals surface area contributed by atoms with Crippen molar-refractivity contribution in [3.05, 3.63) is 0 Å². The van der Waals surface area contributed by atoms with Crippen LogP contribution in [0.25, 0.3) is 0 Å². The first-order valence-corrected chi connectivity index (χ1v) is 10.3. The smallest absolute Gasteiger partial charge is 0.407 e. The van der Waals surface area contributed by atoms with E-state index in [-0.39, 0.29) is 19.8 Å². The first-order chi connectivity index (χ1) is 15.2. The maximum absolute atomic E-state index is 11.5. The molecule has 0 spiro atoms. The molecular formula is C19H35NO11. The number of cyclic esters (lactones) is 1. The van der Waals surface area contributed by atoms with Crippen molar-refractivity contribution in [2.75, 3.05) is 106 Å². The van der Waals surface area contributed by atoms with E-state index in [0.29, 0.717) is 79.2 Å². The minimum atomic E-state index is -0.521. The highest BCUT2D eigenvalue weighted by Crippen LogP contribution is 2.00. The lowest BCUT2D eigenvalue weighted by Crippen LogP contribution is -2.24. The maximum Gasteiger partial charge on any atom is 0.407 e. The summed E-state index contributed by atoms with van der Waals surface area (Å²) in [6.07, 6.45) is -0.956. The SMILES string of the molecule is COCCOCCOCCOCCOCCOCCOCC(=O)OC[C@@H]1CNC(=O)O1.